The molecule has 84 valence electrons. The molecule has 1 fully saturated rings. The average Bonchev–Trinajstić information content (AvgIpc) is 2.46. The summed E-state index contributed by atoms with van der Waals surface area (Å²) in [4.78, 5) is 0. The Morgan fingerprint density at radius 2 is 1.71 bits per heavy atom. The van der Waals surface area contributed by atoms with Crippen LogP contribution in [0.5, 0.6) is 0 Å². The molecule has 4 atom stereocenters. The molecular formula is C10H21NO3. The van der Waals surface area contributed by atoms with Gasteiger partial charge in [-0.15, -0.1) is 0 Å². The third-order valence-corrected chi connectivity index (χ3v) is 2.92. The molecule has 0 saturated carbocycles. The van der Waals surface area contributed by atoms with Crippen LogP contribution in [-0.2, 0) is 0 Å². The SMILES string of the molecule is CCCCC[C@@H]1N[C@@H](CO)[C@H](O)[C@H]1O. The van der Waals surface area contributed by atoms with Crippen LogP contribution in [0.1, 0.15) is 32.6 Å². The minimum Gasteiger partial charge on any atom is -0.395 e. The normalized spacial score (nSPS) is 37.7. The summed E-state index contributed by atoms with van der Waals surface area (Å²) in [5.41, 5.74) is 0. The summed E-state index contributed by atoms with van der Waals surface area (Å²) in [5, 5.41) is 31.1. The molecule has 0 aliphatic carbocycles. The fraction of sp³-hybridized carbons (Fsp3) is 1.00. The molecule has 0 radical (unpaired) electrons. The van der Waals surface area contributed by atoms with Gasteiger partial charge in [0.15, 0.2) is 0 Å². The monoisotopic (exact) mass is 203 g/mol. The van der Waals surface area contributed by atoms with Gasteiger partial charge in [0, 0.05) is 6.04 Å². The van der Waals surface area contributed by atoms with Crippen molar-refractivity contribution in [1.29, 1.82) is 0 Å². The van der Waals surface area contributed by atoms with E-state index in [0.717, 1.165) is 25.7 Å². The highest BCUT2D eigenvalue weighted by atomic mass is 16.3. The average molecular weight is 203 g/mol. The second kappa shape index (κ2) is 5.66. The highest BCUT2D eigenvalue weighted by Crippen LogP contribution is 2.18. The highest BCUT2D eigenvalue weighted by Gasteiger charge is 2.39. The maximum absolute atomic E-state index is 9.63. The Labute approximate surface area is 85.0 Å². The summed E-state index contributed by atoms with van der Waals surface area (Å²) in [6, 6.07) is -0.426. The van der Waals surface area contributed by atoms with Crippen LogP contribution >= 0.6 is 0 Å². The Kier molecular flexibility index (Phi) is 4.81. The van der Waals surface area contributed by atoms with Crippen molar-refractivity contribution in [3.8, 4) is 0 Å². The van der Waals surface area contributed by atoms with Crippen molar-refractivity contribution in [3.63, 3.8) is 0 Å². The lowest BCUT2D eigenvalue weighted by Crippen LogP contribution is -2.36. The largest absolute Gasteiger partial charge is 0.395 e. The van der Waals surface area contributed by atoms with Gasteiger partial charge in [0.1, 0.15) is 0 Å². The standard InChI is InChI=1S/C10H21NO3/c1-2-3-4-5-7-9(13)10(14)8(6-12)11-7/h7-14H,2-6H2,1H3/t7-,8-,9-,10-/m0/s1. The quantitative estimate of drug-likeness (QED) is 0.460. The number of rotatable bonds is 5. The summed E-state index contributed by atoms with van der Waals surface area (Å²) in [6.07, 6.45) is 2.65. The first-order valence-corrected chi connectivity index (χ1v) is 5.43. The van der Waals surface area contributed by atoms with Crippen molar-refractivity contribution in [2.24, 2.45) is 0 Å². The van der Waals surface area contributed by atoms with E-state index >= 15 is 0 Å². The van der Waals surface area contributed by atoms with Gasteiger partial charge in [0.25, 0.3) is 0 Å². The number of hydrogen-bond donors (Lipinski definition) is 4. The fourth-order valence-electron chi connectivity index (χ4n) is 1.98. The summed E-state index contributed by atoms with van der Waals surface area (Å²) in [5.74, 6) is 0. The Bertz CT molecular complexity index is 165. The Morgan fingerprint density at radius 3 is 2.21 bits per heavy atom. The van der Waals surface area contributed by atoms with E-state index in [0.29, 0.717) is 0 Å². The van der Waals surface area contributed by atoms with Gasteiger partial charge < -0.3 is 20.6 Å². The van der Waals surface area contributed by atoms with E-state index in [-0.39, 0.29) is 18.7 Å². The molecule has 1 heterocycles. The van der Waals surface area contributed by atoms with Gasteiger partial charge in [-0.3, -0.25) is 0 Å². The third-order valence-electron chi connectivity index (χ3n) is 2.92. The number of nitrogens with one attached hydrogen (secondary N) is 1. The molecule has 1 saturated heterocycles. The van der Waals surface area contributed by atoms with Crippen molar-refractivity contribution >= 4 is 0 Å². The number of aliphatic hydroxyl groups is 3. The van der Waals surface area contributed by atoms with Gasteiger partial charge in [-0.05, 0) is 6.42 Å². The molecule has 0 amide bonds. The minimum atomic E-state index is -0.827. The molecule has 0 aromatic rings. The Balaban J connectivity index is 2.32. The summed E-state index contributed by atoms with van der Waals surface area (Å²) >= 11 is 0. The van der Waals surface area contributed by atoms with Gasteiger partial charge >= 0.3 is 0 Å². The zero-order valence-corrected chi connectivity index (χ0v) is 8.69. The predicted molar refractivity (Wildman–Crippen MR) is 54.0 cm³/mol. The van der Waals surface area contributed by atoms with Crippen LogP contribution < -0.4 is 5.32 Å². The Hall–Kier alpha value is -0.160. The molecule has 4 N–H and O–H groups in total. The lowest BCUT2D eigenvalue weighted by Gasteiger charge is -2.15. The van der Waals surface area contributed by atoms with Gasteiger partial charge in [0.05, 0.1) is 24.9 Å². The molecular weight excluding hydrogens is 182 g/mol. The molecule has 14 heavy (non-hydrogen) atoms. The van der Waals surface area contributed by atoms with Gasteiger partial charge in [0.2, 0.25) is 0 Å². The van der Waals surface area contributed by atoms with E-state index in [9.17, 15) is 10.2 Å². The zero-order chi connectivity index (χ0) is 10.6. The van der Waals surface area contributed by atoms with Crippen LogP contribution in [0.3, 0.4) is 0 Å². The number of hydrogen-bond acceptors (Lipinski definition) is 4. The van der Waals surface area contributed by atoms with E-state index in [1.165, 1.54) is 0 Å². The van der Waals surface area contributed by atoms with Gasteiger partial charge in [-0.1, -0.05) is 26.2 Å². The molecule has 0 aromatic carbocycles. The first-order chi connectivity index (χ1) is 6.70. The smallest absolute Gasteiger partial charge is 0.0989 e. The van der Waals surface area contributed by atoms with Crippen LogP contribution in [0.25, 0.3) is 0 Å². The molecule has 0 spiro atoms. The number of unbranched alkanes of at least 4 members (excludes halogenated alkanes) is 2. The molecule has 0 unspecified atom stereocenters. The minimum absolute atomic E-state index is 0.0614. The first kappa shape index (κ1) is 11.9. The third kappa shape index (κ3) is 2.67. The van der Waals surface area contributed by atoms with E-state index in [2.05, 4.69) is 12.2 Å². The lowest BCUT2D eigenvalue weighted by molar-refractivity contribution is 0.0186. The van der Waals surface area contributed by atoms with Crippen molar-refractivity contribution in [3.05, 3.63) is 0 Å². The molecule has 1 aliphatic rings. The molecule has 4 nitrogen and oxygen atoms in total. The zero-order valence-electron chi connectivity index (χ0n) is 8.69. The second-order valence-corrected chi connectivity index (χ2v) is 4.04. The highest BCUT2D eigenvalue weighted by molar-refractivity contribution is 4.97. The first-order valence-electron chi connectivity index (χ1n) is 5.43. The maximum atomic E-state index is 9.63. The molecule has 4 heteroatoms. The van der Waals surface area contributed by atoms with Crippen LogP contribution in [0.15, 0.2) is 0 Å². The predicted octanol–water partition coefficient (Wildman–Crippen LogP) is -0.379. The van der Waals surface area contributed by atoms with Crippen molar-refractivity contribution in [2.45, 2.75) is 56.9 Å². The fourth-order valence-corrected chi connectivity index (χ4v) is 1.98. The van der Waals surface area contributed by atoms with Gasteiger partial charge in [-0.25, -0.2) is 0 Å². The molecule has 1 rings (SSSR count). The van der Waals surface area contributed by atoms with Crippen molar-refractivity contribution < 1.29 is 15.3 Å². The maximum Gasteiger partial charge on any atom is 0.0989 e. The van der Waals surface area contributed by atoms with Crippen LogP contribution in [0, 0.1) is 0 Å². The lowest BCUT2D eigenvalue weighted by atomic mass is 10.0. The van der Waals surface area contributed by atoms with E-state index in [1.54, 1.807) is 0 Å². The van der Waals surface area contributed by atoms with Gasteiger partial charge in [-0.2, -0.15) is 0 Å². The van der Waals surface area contributed by atoms with E-state index in [4.69, 9.17) is 5.11 Å². The summed E-state index contributed by atoms with van der Waals surface area (Å²) in [6.45, 7) is 2.01. The van der Waals surface area contributed by atoms with E-state index in [1.807, 2.05) is 0 Å². The Morgan fingerprint density at radius 1 is 1.07 bits per heavy atom. The van der Waals surface area contributed by atoms with E-state index < -0.39 is 12.2 Å². The topological polar surface area (TPSA) is 72.7 Å². The molecule has 0 bridgehead atoms. The van der Waals surface area contributed by atoms with Crippen LogP contribution in [-0.4, -0.2) is 46.2 Å². The molecule has 1 aliphatic heterocycles. The van der Waals surface area contributed by atoms with Crippen LogP contribution in [0.2, 0.25) is 0 Å². The van der Waals surface area contributed by atoms with Crippen molar-refractivity contribution in [1.82, 2.24) is 5.32 Å². The molecule has 0 aromatic heterocycles. The second-order valence-electron chi connectivity index (χ2n) is 4.04. The van der Waals surface area contributed by atoms with Crippen molar-refractivity contribution in [2.75, 3.05) is 6.61 Å². The summed E-state index contributed by atoms with van der Waals surface area (Å²) < 4.78 is 0. The summed E-state index contributed by atoms with van der Waals surface area (Å²) in [7, 11) is 0. The number of aliphatic hydroxyl groups excluding tert-OH is 3. The van der Waals surface area contributed by atoms with Crippen LogP contribution in [0.4, 0.5) is 0 Å².